The number of barbiturate groups is 1. The van der Waals surface area contributed by atoms with Gasteiger partial charge in [0.1, 0.15) is 5.92 Å². The van der Waals surface area contributed by atoms with E-state index in [-0.39, 0.29) is 6.54 Å². The third-order valence-corrected chi connectivity index (χ3v) is 3.32. The normalized spacial score (nSPS) is 19.4. The molecular weight excluding hydrogens is 260 g/mol. The van der Waals surface area contributed by atoms with Crippen LogP contribution >= 0.6 is 0 Å². The van der Waals surface area contributed by atoms with Gasteiger partial charge in [-0.1, -0.05) is 13.3 Å². The van der Waals surface area contributed by atoms with E-state index < -0.39 is 23.8 Å². The molecule has 1 unspecified atom stereocenters. The van der Waals surface area contributed by atoms with Gasteiger partial charge in [-0.2, -0.15) is 5.10 Å². The molecule has 1 aromatic rings. The molecule has 1 saturated heterocycles. The first-order valence-electron chi connectivity index (χ1n) is 6.66. The van der Waals surface area contributed by atoms with Crippen LogP contribution in [0.4, 0.5) is 4.79 Å². The van der Waals surface area contributed by atoms with Gasteiger partial charge in [-0.15, -0.1) is 0 Å². The first-order valence-corrected chi connectivity index (χ1v) is 6.66. The number of carbonyl (C=O) groups is 3. The van der Waals surface area contributed by atoms with E-state index in [0.717, 1.165) is 10.5 Å². The number of imide groups is 2. The van der Waals surface area contributed by atoms with Gasteiger partial charge in [0.15, 0.2) is 0 Å². The second-order valence-electron chi connectivity index (χ2n) is 4.90. The summed E-state index contributed by atoms with van der Waals surface area (Å²) in [6.45, 7) is 2.15. The van der Waals surface area contributed by atoms with E-state index in [9.17, 15) is 14.4 Å². The van der Waals surface area contributed by atoms with Crippen LogP contribution in [0.1, 0.15) is 25.3 Å². The molecule has 2 rings (SSSR count). The van der Waals surface area contributed by atoms with Crippen molar-refractivity contribution in [2.45, 2.75) is 26.2 Å². The molecule has 0 aliphatic carbocycles. The molecule has 0 spiro atoms. The van der Waals surface area contributed by atoms with Crippen LogP contribution in [0.5, 0.6) is 0 Å². The Morgan fingerprint density at radius 2 is 2.10 bits per heavy atom. The monoisotopic (exact) mass is 278 g/mol. The molecule has 2 heterocycles. The molecule has 4 amide bonds. The lowest BCUT2D eigenvalue weighted by Gasteiger charge is -2.29. The molecule has 0 saturated carbocycles. The predicted octanol–water partition coefficient (Wildman–Crippen LogP) is 0.457. The summed E-state index contributed by atoms with van der Waals surface area (Å²) in [4.78, 5) is 36.7. The van der Waals surface area contributed by atoms with Crippen molar-refractivity contribution in [3.05, 3.63) is 18.0 Å². The molecule has 1 aliphatic rings. The molecule has 1 aliphatic heterocycles. The zero-order valence-electron chi connectivity index (χ0n) is 11.6. The SMILES string of the molecule is CCCC1C(=O)NC(=O)N(CCc2cnn(C)c2)C1=O. The lowest BCUT2D eigenvalue weighted by atomic mass is 9.99. The van der Waals surface area contributed by atoms with E-state index in [1.807, 2.05) is 13.1 Å². The lowest BCUT2D eigenvalue weighted by molar-refractivity contribution is -0.142. The number of urea groups is 1. The van der Waals surface area contributed by atoms with Crippen LogP contribution in [0, 0.1) is 5.92 Å². The third-order valence-electron chi connectivity index (χ3n) is 3.32. The van der Waals surface area contributed by atoms with Crippen molar-refractivity contribution < 1.29 is 14.4 Å². The number of aromatic nitrogens is 2. The minimum Gasteiger partial charge on any atom is -0.277 e. The molecule has 0 radical (unpaired) electrons. The maximum atomic E-state index is 12.2. The summed E-state index contributed by atoms with van der Waals surface area (Å²) < 4.78 is 1.66. The number of hydrogen-bond acceptors (Lipinski definition) is 4. The molecule has 0 aromatic carbocycles. The highest BCUT2D eigenvalue weighted by Crippen LogP contribution is 2.16. The number of nitrogens with one attached hydrogen (secondary N) is 1. The van der Waals surface area contributed by atoms with Gasteiger partial charge in [-0.3, -0.25) is 24.5 Å². The fourth-order valence-electron chi connectivity index (χ4n) is 2.26. The third kappa shape index (κ3) is 2.87. The maximum absolute atomic E-state index is 12.2. The summed E-state index contributed by atoms with van der Waals surface area (Å²) in [6.07, 6.45) is 5.23. The first kappa shape index (κ1) is 14.2. The molecular formula is C13H18N4O3. The number of amides is 4. The topological polar surface area (TPSA) is 84.3 Å². The minimum atomic E-state index is -0.744. The Bertz CT molecular complexity index is 537. The van der Waals surface area contributed by atoms with E-state index in [4.69, 9.17) is 0 Å². The van der Waals surface area contributed by atoms with Crippen molar-refractivity contribution in [3.63, 3.8) is 0 Å². The van der Waals surface area contributed by atoms with Crippen LogP contribution in [0.3, 0.4) is 0 Å². The van der Waals surface area contributed by atoms with Crippen molar-refractivity contribution in [1.29, 1.82) is 0 Å². The van der Waals surface area contributed by atoms with E-state index in [0.29, 0.717) is 19.3 Å². The van der Waals surface area contributed by atoms with Gasteiger partial charge < -0.3 is 0 Å². The molecule has 0 bridgehead atoms. The molecule has 108 valence electrons. The summed E-state index contributed by atoms with van der Waals surface area (Å²) in [5.41, 5.74) is 0.942. The fourth-order valence-corrected chi connectivity index (χ4v) is 2.26. The summed E-state index contributed by atoms with van der Waals surface area (Å²) in [6, 6.07) is -0.628. The summed E-state index contributed by atoms with van der Waals surface area (Å²) in [5.74, 6) is -1.63. The maximum Gasteiger partial charge on any atom is 0.330 e. The minimum absolute atomic E-state index is 0.254. The van der Waals surface area contributed by atoms with Gasteiger partial charge in [0.2, 0.25) is 11.8 Å². The molecule has 1 aromatic heterocycles. The fraction of sp³-hybridized carbons (Fsp3) is 0.538. The van der Waals surface area contributed by atoms with Gasteiger partial charge in [0.25, 0.3) is 0 Å². The Balaban J connectivity index is 2.03. The highest BCUT2D eigenvalue weighted by molar-refractivity contribution is 6.16. The van der Waals surface area contributed by atoms with Crippen LogP contribution in [0.25, 0.3) is 0 Å². The number of rotatable bonds is 5. The molecule has 20 heavy (non-hydrogen) atoms. The van der Waals surface area contributed by atoms with Crippen LogP contribution < -0.4 is 5.32 Å². The molecule has 1 N–H and O–H groups in total. The Kier molecular flexibility index (Phi) is 4.16. The van der Waals surface area contributed by atoms with Gasteiger partial charge in [-0.25, -0.2) is 4.79 Å². The standard InChI is InChI=1S/C13H18N4O3/c1-3-4-10-11(18)15-13(20)17(12(10)19)6-5-9-7-14-16(2)8-9/h7-8,10H,3-6H2,1-2H3,(H,15,18,20). The Hall–Kier alpha value is -2.18. The van der Waals surface area contributed by atoms with E-state index in [1.54, 1.807) is 17.9 Å². The quantitative estimate of drug-likeness (QED) is 0.793. The van der Waals surface area contributed by atoms with Crippen LogP contribution in [-0.2, 0) is 23.1 Å². The summed E-state index contributed by atoms with van der Waals surface area (Å²) in [7, 11) is 1.80. The Labute approximate surface area is 116 Å². The van der Waals surface area contributed by atoms with Gasteiger partial charge in [0.05, 0.1) is 6.20 Å². The highest BCUT2D eigenvalue weighted by atomic mass is 16.2. The number of aryl methyl sites for hydroxylation is 1. The molecule has 7 heteroatoms. The zero-order valence-corrected chi connectivity index (χ0v) is 11.6. The summed E-state index contributed by atoms with van der Waals surface area (Å²) >= 11 is 0. The zero-order chi connectivity index (χ0) is 14.7. The van der Waals surface area contributed by atoms with Crippen molar-refractivity contribution in [2.75, 3.05) is 6.54 Å². The average molecular weight is 278 g/mol. The van der Waals surface area contributed by atoms with Gasteiger partial charge >= 0.3 is 6.03 Å². The molecule has 7 nitrogen and oxygen atoms in total. The second-order valence-corrected chi connectivity index (χ2v) is 4.90. The predicted molar refractivity (Wildman–Crippen MR) is 70.6 cm³/mol. The van der Waals surface area contributed by atoms with Gasteiger partial charge in [-0.05, 0) is 18.4 Å². The van der Waals surface area contributed by atoms with Crippen molar-refractivity contribution >= 4 is 17.8 Å². The van der Waals surface area contributed by atoms with E-state index >= 15 is 0 Å². The van der Waals surface area contributed by atoms with E-state index in [1.165, 1.54) is 0 Å². The number of nitrogens with zero attached hydrogens (tertiary/aromatic N) is 3. The van der Waals surface area contributed by atoms with Crippen LogP contribution in [0.2, 0.25) is 0 Å². The molecule has 1 atom stereocenters. The smallest absolute Gasteiger partial charge is 0.277 e. The Morgan fingerprint density at radius 1 is 1.35 bits per heavy atom. The van der Waals surface area contributed by atoms with Crippen molar-refractivity contribution in [1.82, 2.24) is 20.0 Å². The van der Waals surface area contributed by atoms with Crippen molar-refractivity contribution in [3.8, 4) is 0 Å². The molecule has 1 fully saturated rings. The van der Waals surface area contributed by atoms with Crippen LogP contribution in [0.15, 0.2) is 12.4 Å². The second kappa shape index (κ2) is 5.85. The lowest BCUT2D eigenvalue weighted by Crippen LogP contribution is -2.58. The van der Waals surface area contributed by atoms with Crippen molar-refractivity contribution in [2.24, 2.45) is 13.0 Å². The highest BCUT2D eigenvalue weighted by Gasteiger charge is 2.39. The number of hydrogen-bond donors (Lipinski definition) is 1. The average Bonchev–Trinajstić information content (AvgIpc) is 2.80. The first-order chi connectivity index (χ1) is 9.52. The van der Waals surface area contributed by atoms with Gasteiger partial charge in [0, 0.05) is 19.8 Å². The summed E-state index contributed by atoms with van der Waals surface area (Å²) in [5, 5.41) is 6.28. The Morgan fingerprint density at radius 3 is 2.70 bits per heavy atom. The van der Waals surface area contributed by atoms with E-state index in [2.05, 4.69) is 10.4 Å². The van der Waals surface area contributed by atoms with Crippen LogP contribution in [-0.4, -0.2) is 39.1 Å². The largest absolute Gasteiger partial charge is 0.330 e. The number of carbonyl (C=O) groups excluding carboxylic acids is 3.